The molecule has 2 aromatic carbocycles. The number of amidine groups is 1. The van der Waals surface area contributed by atoms with Gasteiger partial charge in [-0.15, -0.1) is 0 Å². The number of carbonyl (C=O) groups excluding carboxylic acids is 1. The van der Waals surface area contributed by atoms with E-state index in [0.717, 1.165) is 30.1 Å². The summed E-state index contributed by atoms with van der Waals surface area (Å²) in [7, 11) is 1.32. The quantitative estimate of drug-likeness (QED) is 0.525. The fourth-order valence-electron chi connectivity index (χ4n) is 4.21. The average Bonchev–Trinajstić information content (AvgIpc) is 3.48. The van der Waals surface area contributed by atoms with Crippen LogP contribution in [-0.2, 0) is 17.4 Å². The topological polar surface area (TPSA) is 82.6 Å². The number of aromatic nitrogens is 2. The van der Waals surface area contributed by atoms with Gasteiger partial charge in [0.05, 0.1) is 29.3 Å². The number of methoxy groups -OCH3 is 1. The second kappa shape index (κ2) is 9.38. The number of benzene rings is 2. The van der Waals surface area contributed by atoms with Crippen LogP contribution < -0.4 is 10.1 Å². The Labute approximate surface area is 203 Å². The van der Waals surface area contributed by atoms with Crippen LogP contribution >= 0.6 is 11.8 Å². The maximum Gasteiger partial charge on any atom is 0.416 e. The van der Waals surface area contributed by atoms with Crippen LogP contribution in [0.25, 0.3) is 16.5 Å². The molecule has 182 valence electrons. The summed E-state index contributed by atoms with van der Waals surface area (Å²) in [6.07, 6.45) is -3.04. The first-order valence-electron chi connectivity index (χ1n) is 11.0. The lowest BCUT2D eigenvalue weighted by Gasteiger charge is -2.28. The Morgan fingerprint density at radius 3 is 2.71 bits per heavy atom. The van der Waals surface area contributed by atoms with E-state index in [0.29, 0.717) is 34.3 Å². The number of rotatable bonds is 4. The Kier molecular flexibility index (Phi) is 6.28. The van der Waals surface area contributed by atoms with Gasteiger partial charge in [-0.1, -0.05) is 12.1 Å². The van der Waals surface area contributed by atoms with Gasteiger partial charge in [-0.2, -0.15) is 23.3 Å². The predicted molar refractivity (Wildman–Crippen MR) is 129 cm³/mol. The molecule has 11 heteroatoms. The van der Waals surface area contributed by atoms with Gasteiger partial charge >= 0.3 is 6.18 Å². The van der Waals surface area contributed by atoms with Crippen molar-refractivity contribution >= 4 is 39.3 Å². The molecule has 1 fully saturated rings. The first-order valence-corrected chi connectivity index (χ1v) is 11.8. The zero-order chi connectivity index (χ0) is 24.6. The molecule has 7 nitrogen and oxygen atoms in total. The Hall–Kier alpha value is -3.31. The number of allylic oxidation sites excluding steroid dienone is 1. The van der Waals surface area contributed by atoms with Gasteiger partial charge in [0.15, 0.2) is 5.17 Å². The van der Waals surface area contributed by atoms with Crippen LogP contribution in [0.5, 0.6) is 5.75 Å². The minimum atomic E-state index is -4.58. The van der Waals surface area contributed by atoms with Crippen molar-refractivity contribution in [2.45, 2.75) is 12.6 Å². The Morgan fingerprint density at radius 1 is 1.17 bits per heavy atom. The lowest BCUT2D eigenvalue weighted by molar-refractivity contribution is -0.138. The van der Waals surface area contributed by atoms with E-state index in [2.05, 4.69) is 20.5 Å². The number of halogens is 3. The molecule has 0 unspecified atom stereocenters. The van der Waals surface area contributed by atoms with Gasteiger partial charge in [-0.05, 0) is 59.1 Å². The fourth-order valence-corrected chi connectivity index (χ4v) is 5.28. The number of alkyl halides is 3. The number of aromatic amines is 1. The lowest BCUT2D eigenvalue weighted by Crippen LogP contribution is -2.45. The van der Waals surface area contributed by atoms with Crippen LogP contribution in [0.1, 0.15) is 16.7 Å². The molecule has 0 aliphatic carbocycles. The number of nitrogens with zero attached hydrogens (tertiary/aromatic N) is 3. The molecule has 0 spiro atoms. The van der Waals surface area contributed by atoms with Gasteiger partial charge in [0.1, 0.15) is 5.75 Å². The molecule has 5 rings (SSSR count). The highest BCUT2D eigenvalue weighted by Crippen LogP contribution is 2.41. The molecule has 1 aromatic heterocycles. The third-order valence-corrected chi connectivity index (χ3v) is 7.18. The third-order valence-electron chi connectivity index (χ3n) is 6.02. The highest BCUT2D eigenvalue weighted by atomic mass is 32.2. The zero-order valence-corrected chi connectivity index (χ0v) is 19.6. The van der Waals surface area contributed by atoms with Crippen LogP contribution in [0.3, 0.4) is 0 Å². The highest BCUT2D eigenvalue weighted by molar-refractivity contribution is 8.18. The molecule has 3 aromatic rings. The van der Waals surface area contributed by atoms with Crippen LogP contribution in [0, 0.1) is 0 Å². The second-order valence-electron chi connectivity index (χ2n) is 8.22. The van der Waals surface area contributed by atoms with Crippen molar-refractivity contribution < 1.29 is 22.7 Å². The molecule has 1 amide bonds. The maximum absolute atomic E-state index is 14.0. The summed E-state index contributed by atoms with van der Waals surface area (Å²) in [6.45, 7) is 2.97. The molecule has 2 N–H and O–H groups in total. The smallest absolute Gasteiger partial charge is 0.416 e. The number of piperazine rings is 1. The number of fused-ring (bicyclic) bond motifs is 1. The van der Waals surface area contributed by atoms with Crippen molar-refractivity contribution in [3.05, 3.63) is 64.2 Å². The minimum Gasteiger partial charge on any atom is -0.497 e. The normalized spacial score (nSPS) is 18.2. The first-order chi connectivity index (χ1) is 16.8. The third kappa shape index (κ3) is 4.78. The molecule has 2 aliphatic heterocycles. The molecular weight excluding hydrogens is 479 g/mol. The number of amides is 1. The van der Waals surface area contributed by atoms with Crippen LogP contribution in [0.2, 0.25) is 0 Å². The van der Waals surface area contributed by atoms with Gasteiger partial charge in [-0.25, -0.2) is 0 Å². The number of nitrogens with one attached hydrogen (secondary N) is 2. The van der Waals surface area contributed by atoms with Crippen molar-refractivity contribution in [1.82, 2.24) is 20.4 Å². The van der Waals surface area contributed by atoms with E-state index in [9.17, 15) is 18.0 Å². The van der Waals surface area contributed by atoms with Gasteiger partial charge in [0.2, 0.25) is 0 Å². The van der Waals surface area contributed by atoms with Gasteiger partial charge in [0, 0.05) is 31.6 Å². The second-order valence-corrected chi connectivity index (χ2v) is 9.19. The molecule has 0 atom stereocenters. The van der Waals surface area contributed by atoms with E-state index < -0.39 is 17.6 Å². The number of aliphatic imine (C=N–C) groups is 1. The largest absolute Gasteiger partial charge is 0.497 e. The molecular formula is C24H22F3N5O2S. The zero-order valence-electron chi connectivity index (χ0n) is 18.8. The van der Waals surface area contributed by atoms with E-state index >= 15 is 0 Å². The Morgan fingerprint density at radius 2 is 1.97 bits per heavy atom. The first kappa shape index (κ1) is 23.4. The van der Waals surface area contributed by atoms with E-state index in [4.69, 9.17) is 4.74 Å². The molecule has 0 radical (unpaired) electrons. The molecule has 2 aliphatic rings. The van der Waals surface area contributed by atoms with Crippen LogP contribution in [0.4, 0.5) is 13.2 Å². The van der Waals surface area contributed by atoms with Gasteiger partial charge < -0.3 is 15.0 Å². The van der Waals surface area contributed by atoms with Gasteiger partial charge in [-0.3, -0.25) is 9.89 Å². The monoisotopic (exact) mass is 501 g/mol. The summed E-state index contributed by atoms with van der Waals surface area (Å²) >= 11 is 1.22. The van der Waals surface area contributed by atoms with Crippen LogP contribution in [0.15, 0.2) is 52.5 Å². The standard InChI is InChI=1S/C24H22F3N5O2S/c1-34-17-4-2-15(19(12-17)24(25,26)27)11-18(14-3-5-20-16(10-14)13-29-31-20)21-22(33)30-23(35-21)32-8-6-28-7-9-32/h2-5,10,12-13,28H,6-9,11H2,1H3,(H,29,31). The summed E-state index contributed by atoms with van der Waals surface area (Å²) in [5.74, 6) is -0.321. The van der Waals surface area contributed by atoms with E-state index in [-0.39, 0.29) is 17.7 Å². The molecule has 3 heterocycles. The summed E-state index contributed by atoms with van der Waals surface area (Å²) < 4.78 is 46.9. The Bertz CT molecular complexity index is 1340. The number of hydrogen-bond donors (Lipinski definition) is 2. The Balaban J connectivity index is 1.60. The fraction of sp³-hybridized carbons (Fsp3) is 0.292. The highest BCUT2D eigenvalue weighted by Gasteiger charge is 2.35. The summed E-state index contributed by atoms with van der Waals surface area (Å²) in [5.41, 5.74) is 1.19. The number of ether oxygens (including phenoxy) is 1. The van der Waals surface area contributed by atoms with Crippen molar-refractivity contribution in [2.24, 2.45) is 4.99 Å². The minimum absolute atomic E-state index is 0.0529. The lowest BCUT2D eigenvalue weighted by atomic mass is 9.93. The van der Waals surface area contributed by atoms with Crippen LogP contribution in [-0.4, -0.2) is 59.5 Å². The van der Waals surface area contributed by atoms with E-state index in [1.165, 1.54) is 31.0 Å². The predicted octanol–water partition coefficient (Wildman–Crippen LogP) is 4.08. The summed E-state index contributed by atoms with van der Waals surface area (Å²) in [4.78, 5) is 19.7. The van der Waals surface area contributed by atoms with E-state index in [1.807, 2.05) is 11.0 Å². The average molecular weight is 502 g/mol. The number of hydrogen-bond acceptors (Lipinski definition) is 6. The molecule has 1 saturated heterocycles. The number of carbonyl (C=O) groups is 1. The molecule has 0 saturated carbocycles. The maximum atomic E-state index is 14.0. The van der Waals surface area contributed by atoms with Crippen molar-refractivity contribution in [1.29, 1.82) is 0 Å². The van der Waals surface area contributed by atoms with Gasteiger partial charge in [0.25, 0.3) is 5.91 Å². The summed E-state index contributed by atoms with van der Waals surface area (Å²) in [5, 5.41) is 11.5. The molecule has 0 bridgehead atoms. The SMILES string of the molecule is COc1ccc(CC(=C2SC(N3CCNCC3)=NC2=O)c2ccc3[nH]ncc3c2)c(C(F)(F)F)c1. The van der Waals surface area contributed by atoms with Crippen molar-refractivity contribution in [3.8, 4) is 5.75 Å². The number of H-pyrrole nitrogens is 1. The van der Waals surface area contributed by atoms with E-state index in [1.54, 1.807) is 18.3 Å². The summed E-state index contributed by atoms with van der Waals surface area (Å²) in [6, 6.07) is 9.31. The number of thioether (sulfide) groups is 1. The van der Waals surface area contributed by atoms with Crippen molar-refractivity contribution in [2.75, 3.05) is 33.3 Å². The molecule has 35 heavy (non-hydrogen) atoms. The van der Waals surface area contributed by atoms with Crippen molar-refractivity contribution in [3.63, 3.8) is 0 Å².